The van der Waals surface area contributed by atoms with E-state index in [-0.39, 0.29) is 22.9 Å². The Balaban J connectivity index is 1.57. The van der Waals surface area contributed by atoms with E-state index < -0.39 is 10.0 Å². The molecule has 2 atom stereocenters. The summed E-state index contributed by atoms with van der Waals surface area (Å²) in [6, 6.07) is 13.6. The summed E-state index contributed by atoms with van der Waals surface area (Å²) in [6.45, 7) is 3.06. The van der Waals surface area contributed by atoms with Crippen molar-refractivity contribution < 1.29 is 17.9 Å². The molecule has 0 saturated carbocycles. The van der Waals surface area contributed by atoms with Gasteiger partial charge < -0.3 is 10.1 Å². The van der Waals surface area contributed by atoms with Crippen LogP contribution in [0.2, 0.25) is 0 Å². The molecular weight excluding hydrogens is 376 g/mol. The zero-order valence-electron chi connectivity index (χ0n) is 15.8. The molecule has 1 N–H and O–H groups in total. The second kappa shape index (κ2) is 7.56. The molecule has 0 radical (unpaired) electrons. The van der Waals surface area contributed by atoms with E-state index in [0.29, 0.717) is 24.2 Å². The number of nitrogens with zero attached hydrogens (tertiary/aromatic N) is 1. The van der Waals surface area contributed by atoms with E-state index in [1.54, 1.807) is 18.2 Å². The molecule has 2 aromatic rings. The normalized spacial score (nSPS) is 21.5. The Bertz CT molecular complexity index is 983. The third kappa shape index (κ3) is 3.52. The predicted molar refractivity (Wildman–Crippen MR) is 107 cm³/mol. The third-order valence-corrected chi connectivity index (χ3v) is 7.24. The number of hydrogen-bond acceptors (Lipinski definition) is 4. The number of amides is 1. The van der Waals surface area contributed by atoms with Crippen LogP contribution >= 0.6 is 0 Å². The quantitative estimate of drug-likeness (QED) is 0.837. The van der Waals surface area contributed by atoms with Gasteiger partial charge in [0.1, 0.15) is 0 Å². The standard InChI is InChI=1S/C21H24N2O4S/c1-15-12-16-6-2-3-10-20(16)23(15)28(25,26)19-9-4-7-17(13-19)21(24)22-14-18-8-5-11-27-18/h2-4,6-7,9-10,13,15,18H,5,8,11-12,14H2,1H3,(H,22,24)/t15-,18-/m0/s1. The van der Waals surface area contributed by atoms with E-state index in [1.165, 1.54) is 10.4 Å². The van der Waals surface area contributed by atoms with Crippen LogP contribution in [0, 0.1) is 0 Å². The highest BCUT2D eigenvalue weighted by atomic mass is 32.2. The lowest BCUT2D eigenvalue weighted by molar-refractivity contribution is 0.0857. The van der Waals surface area contributed by atoms with Gasteiger partial charge in [-0.15, -0.1) is 0 Å². The number of carbonyl (C=O) groups excluding carboxylic acids is 1. The Morgan fingerprint density at radius 1 is 1.21 bits per heavy atom. The van der Waals surface area contributed by atoms with Crippen molar-refractivity contribution in [3.8, 4) is 0 Å². The van der Waals surface area contributed by atoms with E-state index in [4.69, 9.17) is 4.74 Å². The summed E-state index contributed by atoms with van der Waals surface area (Å²) in [5.74, 6) is -0.289. The first kappa shape index (κ1) is 19.0. The maximum atomic E-state index is 13.3. The second-order valence-corrected chi connectivity index (χ2v) is 9.17. The summed E-state index contributed by atoms with van der Waals surface area (Å²) in [4.78, 5) is 12.6. The molecule has 1 fully saturated rings. The largest absolute Gasteiger partial charge is 0.376 e. The molecule has 1 saturated heterocycles. The van der Waals surface area contributed by atoms with Crippen LogP contribution in [0.25, 0.3) is 0 Å². The average molecular weight is 401 g/mol. The Labute approximate surface area is 165 Å². The third-order valence-electron chi connectivity index (χ3n) is 5.31. The highest BCUT2D eigenvalue weighted by Crippen LogP contribution is 2.36. The summed E-state index contributed by atoms with van der Waals surface area (Å²) in [6.07, 6.45) is 2.65. The maximum Gasteiger partial charge on any atom is 0.264 e. The van der Waals surface area contributed by atoms with Gasteiger partial charge in [-0.2, -0.15) is 0 Å². The summed E-state index contributed by atoms with van der Waals surface area (Å²) in [7, 11) is -3.76. The molecular formula is C21H24N2O4S. The van der Waals surface area contributed by atoms with Gasteiger partial charge in [0.2, 0.25) is 0 Å². The molecule has 6 nitrogen and oxygen atoms in total. The van der Waals surface area contributed by atoms with Crippen molar-refractivity contribution in [1.29, 1.82) is 0 Å². The van der Waals surface area contributed by atoms with Gasteiger partial charge in [-0.3, -0.25) is 9.10 Å². The smallest absolute Gasteiger partial charge is 0.264 e. The Morgan fingerprint density at radius 2 is 2.04 bits per heavy atom. The number of rotatable bonds is 5. The lowest BCUT2D eigenvalue weighted by atomic mass is 10.1. The molecule has 2 aliphatic heterocycles. The van der Waals surface area contributed by atoms with Crippen molar-refractivity contribution in [2.24, 2.45) is 0 Å². The first-order valence-electron chi connectivity index (χ1n) is 9.59. The van der Waals surface area contributed by atoms with Gasteiger partial charge in [-0.1, -0.05) is 24.3 Å². The van der Waals surface area contributed by atoms with Crippen LogP contribution in [0.3, 0.4) is 0 Å². The Hall–Kier alpha value is -2.38. The molecule has 2 aliphatic rings. The minimum absolute atomic E-state index is 0.0396. The fourth-order valence-corrected chi connectivity index (χ4v) is 5.67. The number of sulfonamides is 1. The van der Waals surface area contributed by atoms with Crippen LogP contribution in [-0.4, -0.2) is 39.6 Å². The van der Waals surface area contributed by atoms with Gasteiger partial charge in [0.25, 0.3) is 15.9 Å². The molecule has 4 rings (SSSR count). The zero-order valence-corrected chi connectivity index (χ0v) is 16.6. The summed E-state index contributed by atoms with van der Waals surface area (Å²) >= 11 is 0. The lowest BCUT2D eigenvalue weighted by Gasteiger charge is -2.24. The van der Waals surface area contributed by atoms with Crippen molar-refractivity contribution in [2.45, 2.75) is 43.2 Å². The highest BCUT2D eigenvalue weighted by Gasteiger charge is 2.36. The van der Waals surface area contributed by atoms with Crippen LogP contribution in [-0.2, 0) is 21.2 Å². The van der Waals surface area contributed by atoms with E-state index in [1.807, 2.05) is 31.2 Å². The Morgan fingerprint density at radius 3 is 2.82 bits per heavy atom. The number of para-hydroxylation sites is 1. The Kier molecular flexibility index (Phi) is 5.12. The molecule has 7 heteroatoms. The van der Waals surface area contributed by atoms with Crippen molar-refractivity contribution in [3.63, 3.8) is 0 Å². The SMILES string of the molecule is C[C@H]1Cc2ccccc2N1S(=O)(=O)c1cccc(C(=O)NC[C@@H]2CCCO2)c1. The lowest BCUT2D eigenvalue weighted by Crippen LogP contribution is -2.36. The predicted octanol–water partition coefficient (Wildman–Crippen LogP) is 2.74. The molecule has 0 aliphatic carbocycles. The summed E-state index contributed by atoms with van der Waals surface area (Å²) in [5, 5.41) is 2.84. The van der Waals surface area contributed by atoms with E-state index in [0.717, 1.165) is 25.0 Å². The van der Waals surface area contributed by atoms with Crippen molar-refractivity contribution in [1.82, 2.24) is 5.32 Å². The number of anilines is 1. The second-order valence-electron chi connectivity index (χ2n) is 7.36. The van der Waals surface area contributed by atoms with Crippen LogP contribution in [0.15, 0.2) is 53.4 Å². The number of hydrogen-bond donors (Lipinski definition) is 1. The van der Waals surface area contributed by atoms with Gasteiger partial charge in [-0.25, -0.2) is 8.42 Å². The van der Waals surface area contributed by atoms with Crippen LogP contribution in [0.5, 0.6) is 0 Å². The van der Waals surface area contributed by atoms with Crippen molar-refractivity contribution in [3.05, 3.63) is 59.7 Å². The fraction of sp³-hybridized carbons (Fsp3) is 0.381. The highest BCUT2D eigenvalue weighted by molar-refractivity contribution is 7.92. The zero-order chi connectivity index (χ0) is 19.7. The minimum atomic E-state index is -3.76. The molecule has 148 valence electrons. The molecule has 2 heterocycles. The molecule has 2 aromatic carbocycles. The van der Waals surface area contributed by atoms with Gasteiger partial charge in [0.05, 0.1) is 16.7 Å². The number of nitrogens with one attached hydrogen (secondary N) is 1. The molecule has 1 amide bonds. The van der Waals surface area contributed by atoms with Crippen LogP contribution < -0.4 is 9.62 Å². The van der Waals surface area contributed by atoms with Crippen LogP contribution in [0.4, 0.5) is 5.69 Å². The van der Waals surface area contributed by atoms with Gasteiger partial charge >= 0.3 is 0 Å². The first-order valence-corrected chi connectivity index (χ1v) is 11.0. The maximum absolute atomic E-state index is 13.3. The van der Waals surface area contributed by atoms with Crippen molar-refractivity contribution >= 4 is 21.6 Å². The van der Waals surface area contributed by atoms with E-state index in [9.17, 15) is 13.2 Å². The fourth-order valence-electron chi connectivity index (χ4n) is 3.93. The van der Waals surface area contributed by atoms with Gasteiger partial charge in [0.15, 0.2) is 0 Å². The van der Waals surface area contributed by atoms with Gasteiger partial charge in [0, 0.05) is 24.8 Å². The summed E-state index contributed by atoms with van der Waals surface area (Å²) in [5.41, 5.74) is 2.06. The molecule has 0 spiro atoms. The molecule has 0 unspecified atom stereocenters. The van der Waals surface area contributed by atoms with Gasteiger partial charge in [-0.05, 0) is 56.0 Å². The van der Waals surface area contributed by atoms with Crippen LogP contribution in [0.1, 0.15) is 35.7 Å². The van der Waals surface area contributed by atoms with E-state index in [2.05, 4.69) is 5.32 Å². The van der Waals surface area contributed by atoms with E-state index >= 15 is 0 Å². The molecule has 28 heavy (non-hydrogen) atoms. The number of fused-ring (bicyclic) bond motifs is 1. The number of carbonyl (C=O) groups is 1. The number of benzene rings is 2. The summed E-state index contributed by atoms with van der Waals surface area (Å²) < 4.78 is 33.6. The average Bonchev–Trinajstić information content (AvgIpc) is 3.32. The topological polar surface area (TPSA) is 75.7 Å². The van der Waals surface area contributed by atoms with Crippen molar-refractivity contribution in [2.75, 3.05) is 17.5 Å². The minimum Gasteiger partial charge on any atom is -0.376 e. The number of ether oxygens (including phenoxy) is 1. The monoisotopic (exact) mass is 400 g/mol. The first-order chi connectivity index (χ1) is 13.5. The molecule has 0 aromatic heterocycles. The molecule has 0 bridgehead atoms.